The molecule has 0 amide bonds. The van der Waals surface area contributed by atoms with Crippen LogP contribution in [0.1, 0.15) is 18.4 Å². The first-order valence-corrected chi connectivity index (χ1v) is 5.84. The van der Waals surface area contributed by atoms with Crippen LogP contribution in [0.2, 0.25) is 0 Å². The van der Waals surface area contributed by atoms with E-state index < -0.39 is 5.92 Å². The first-order chi connectivity index (χ1) is 9.49. The van der Waals surface area contributed by atoms with Crippen molar-refractivity contribution in [3.63, 3.8) is 0 Å². The highest BCUT2D eigenvalue weighted by Crippen LogP contribution is 2.43. The second-order valence-electron chi connectivity index (χ2n) is 4.36. The molecule has 3 rings (SSSR count). The van der Waals surface area contributed by atoms with E-state index in [1.54, 1.807) is 0 Å². The van der Waals surface area contributed by atoms with Crippen molar-refractivity contribution in [1.82, 2.24) is 10.1 Å². The highest BCUT2D eigenvalue weighted by atomic mass is 19.3. The summed E-state index contributed by atoms with van der Waals surface area (Å²) in [5, 5.41) is 3.66. The second-order valence-corrected chi connectivity index (χ2v) is 4.36. The van der Waals surface area contributed by atoms with Crippen molar-refractivity contribution in [2.24, 2.45) is 5.73 Å². The van der Waals surface area contributed by atoms with Gasteiger partial charge in [0.1, 0.15) is 0 Å². The van der Waals surface area contributed by atoms with E-state index in [0.29, 0.717) is 5.75 Å². The minimum Gasteiger partial charge on any atom is -0.454 e. The molecule has 0 fully saturated rings. The first-order valence-electron chi connectivity index (χ1n) is 5.84. The molecular weight excluding hydrogens is 272 g/mol. The third kappa shape index (κ3) is 2.07. The summed E-state index contributed by atoms with van der Waals surface area (Å²) in [5.74, 6) is -2.23. The molecule has 1 aliphatic rings. The number of nitrogens with zero attached hydrogens (tertiary/aromatic N) is 2. The number of fused-ring (bicyclic) bond motifs is 1. The Kier molecular flexibility index (Phi) is 2.82. The van der Waals surface area contributed by atoms with Gasteiger partial charge in [-0.05, 0) is 12.1 Å². The van der Waals surface area contributed by atoms with Gasteiger partial charge >= 0.3 is 0 Å². The Hall–Kier alpha value is -2.22. The van der Waals surface area contributed by atoms with E-state index in [1.807, 2.05) is 0 Å². The largest absolute Gasteiger partial charge is 0.454 e. The van der Waals surface area contributed by atoms with Crippen molar-refractivity contribution in [2.75, 3.05) is 6.79 Å². The van der Waals surface area contributed by atoms with Crippen LogP contribution in [0.15, 0.2) is 16.7 Å². The Labute approximate surface area is 112 Å². The Morgan fingerprint density at radius 2 is 2.00 bits per heavy atom. The lowest BCUT2D eigenvalue weighted by Crippen LogP contribution is -2.09. The number of hydrogen-bond acceptors (Lipinski definition) is 6. The predicted octanol–water partition coefficient (Wildman–Crippen LogP) is 2.04. The van der Waals surface area contributed by atoms with E-state index in [0.717, 1.165) is 6.92 Å². The monoisotopic (exact) mass is 283 g/mol. The molecule has 6 nitrogen and oxygen atoms in total. The molecule has 20 heavy (non-hydrogen) atoms. The van der Waals surface area contributed by atoms with Gasteiger partial charge in [0.15, 0.2) is 11.5 Å². The molecule has 1 aromatic heterocycles. The molecule has 1 aromatic carbocycles. The van der Waals surface area contributed by atoms with E-state index in [-0.39, 0.29) is 41.9 Å². The molecule has 0 saturated heterocycles. The molecule has 0 aliphatic carbocycles. The highest BCUT2D eigenvalue weighted by molar-refractivity contribution is 5.67. The van der Waals surface area contributed by atoms with Gasteiger partial charge < -0.3 is 19.7 Å². The highest BCUT2D eigenvalue weighted by Gasteiger charge is 2.33. The number of rotatable bonds is 3. The Morgan fingerprint density at radius 1 is 1.30 bits per heavy atom. The minimum absolute atomic E-state index is 0.00614. The van der Waals surface area contributed by atoms with Crippen LogP contribution in [0.3, 0.4) is 0 Å². The third-order valence-electron chi connectivity index (χ3n) is 2.87. The summed E-state index contributed by atoms with van der Waals surface area (Å²) < 4.78 is 42.6. The molecule has 1 aliphatic heterocycles. The summed E-state index contributed by atoms with van der Waals surface area (Å²) >= 11 is 0. The fourth-order valence-electron chi connectivity index (χ4n) is 1.94. The summed E-state index contributed by atoms with van der Waals surface area (Å²) in [4.78, 5) is 3.97. The van der Waals surface area contributed by atoms with Crippen LogP contribution in [-0.2, 0) is 12.5 Å². The number of hydrogen-bond donors (Lipinski definition) is 1. The summed E-state index contributed by atoms with van der Waals surface area (Å²) in [6, 6.07) is 2.65. The van der Waals surface area contributed by atoms with Gasteiger partial charge in [-0.25, -0.2) is 8.78 Å². The number of alkyl halides is 2. The molecule has 2 N–H and O–H groups in total. The lowest BCUT2D eigenvalue weighted by Gasteiger charge is -2.14. The van der Waals surface area contributed by atoms with Crippen LogP contribution in [0.25, 0.3) is 11.4 Å². The van der Waals surface area contributed by atoms with Crippen molar-refractivity contribution in [3.8, 4) is 22.9 Å². The van der Waals surface area contributed by atoms with E-state index in [9.17, 15) is 8.78 Å². The average molecular weight is 283 g/mol. The fourth-order valence-corrected chi connectivity index (χ4v) is 1.94. The molecule has 2 heterocycles. The maximum atomic E-state index is 13.8. The maximum absolute atomic E-state index is 13.8. The second kappa shape index (κ2) is 4.41. The van der Waals surface area contributed by atoms with Crippen LogP contribution in [0.4, 0.5) is 8.78 Å². The summed E-state index contributed by atoms with van der Waals surface area (Å²) in [5.41, 5.74) is 5.24. The van der Waals surface area contributed by atoms with Gasteiger partial charge in [-0.1, -0.05) is 5.16 Å². The van der Waals surface area contributed by atoms with Gasteiger partial charge in [0.25, 0.3) is 5.92 Å². The van der Waals surface area contributed by atoms with E-state index in [1.165, 1.54) is 12.1 Å². The van der Waals surface area contributed by atoms with Crippen molar-refractivity contribution in [2.45, 2.75) is 19.4 Å². The molecule has 2 aromatic rings. The normalized spacial score (nSPS) is 13.8. The van der Waals surface area contributed by atoms with Crippen LogP contribution in [0.5, 0.6) is 11.5 Å². The first kappa shape index (κ1) is 12.8. The van der Waals surface area contributed by atoms with Crippen molar-refractivity contribution in [3.05, 3.63) is 23.6 Å². The van der Waals surface area contributed by atoms with Gasteiger partial charge in [-0.3, -0.25) is 0 Å². The van der Waals surface area contributed by atoms with E-state index in [2.05, 4.69) is 10.1 Å². The van der Waals surface area contributed by atoms with Gasteiger partial charge in [-0.15, -0.1) is 0 Å². The summed E-state index contributed by atoms with van der Waals surface area (Å²) in [7, 11) is 0. The zero-order chi connectivity index (χ0) is 14.3. The van der Waals surface area contributed by atoms with Gasteiger partial charge in [0.2, 0.25) is 18.5 Å². The Bertz CT molecular complexity index is 652. The lowest BCUT2D eigenvalue weighted by atomic mass is 10.0. The molecule has 0 radical (unpaired) electrons. The average Bonchev–Trinajstić information content (AvgIpc) is 3.04. The molecule has 0 saturated carbocycles. The lowest BCUT2D eigenvalue weighted by molar-refractivity contribution is 0.0178. The van der Waals surface area contributed by atoms with Gasteiger partial charge in [0.05, 0.1) is 6.54 Å². The predicted molar refractivity (Wildman–Crippen MR) is 63.3 cm³/mol. The maximum Gasteiger partial charge on any atom is 0.271 e. The van der Waals surface area contributed by atoms with Crippen molar-refractivity contribution >= 4 is 0 Å². The molecule has 0 atom stereocenters. The molecule has 0 bridgehead atoms. The Morgan fingerprint density at radius 3 is 2.60 bits per heavy atom. The van der Waals surface area contributed by atoms with Crippen molar-refractivity contribution in [1.29, 1.82) is 0 Å². The molecular formula is C12H11F2N3O3. The third-order valence-corrected chi connectivity index (χ3v) is 2.87. The fraction of sp³-hybridized carbons (Fsp3) is 0.333. The van der Waals surface area contributed by atoms with Gasteiger partial charge in [-0.2, -0.15) is 4.98 Å². The van der Waals surface area contributed by atoms with Crippen LogP contribution in [0, 0.1) is 0 Å². The number of ether oxygens (including phenoxy) is 2. The van der Waals surface area contributed by atoms with Crippen LogP contribution < -0.4 is 15.2 Å². The van der Waals surface area contributed by atoms with Gasteiger partial charge in [0, 0.05) is 18.1 Å². The molecule has 0 spiro atoms. The van der Waals surface area contributed by atoms with Crippen molar-refractivity contribution < 1.29 is 22.8 Å². The molecule has 106 valence electrons. The number of nitrogens with two attached hydrogens (primary N) is 1. The topological polar surface area (TPSA) is 83.4 Å². The smallest absolute Gasteiger partial charge is 0.271 e. The van der Waals surface area contributed by atoms with E-state index >= 15 is 0 Å². The van der Waals surface area contributed by atoms with Crippen LogP contribution >= 0.6 is 0 Å². The standard InChI is InChI=1S/C12H11F2N3O3/c1-12(13,14)7-3-9-8(18-5-19-9)2-6(7)11-16-10(4-15)20-17-11/h2-3H,4-5,15H2,1H3. The zero-order valence-electron chi connectivity index (χ0n) is 10.5. The SMILES string of the molecule is CC(F)(F)c1cc2c(cc1-c1noc(CN)n1)OCO2. The van der Waals surface area contributed by atoms with Crippen LogP contribution in [-0.4, -0.2) is 16.9 Å². The number of aromatic nitrogens is 2. The Balaban J connectivity index is 2.17. The summed E-state index contributed by atoms with van der Waals surface area (Å²) in [6.07, 6.45) is 0. The van der Waals surface area contributed by atoms with E-state index in [4.69, 9.17) is 19.7 Å². The quantitative estimate of drug-likeness (QED) is 0.928. The number of halogens is 2. The number of benzene rings is 1. The minimum atomic E-state index is -3.08. The molecule has 8 heteroatoms. The summed E-state index contributed by atoms with van der Waals surface area (Å²) in [6.45, 7) is 0.821. The molecule has 0 unspecified atom stereocenters. The zero-order valence-corrected chi connectivity index (χ0v) is 10.5.